The number of benzene rings is 2. The van der Waals surface area contributed by atoms with Gasteiger partial charge < -0.3 is 4.74 Å². The first-order valence-electron chi connectivity index (χ1n) is 7.46. The van der Waals surface area contributed by atoms with E-state index in [0.29, 0.717) is 17.7 Å². The molecule has 0 spiro atoms. The number of pyridine rings is 1. The van der Waals surface area contributed by atoms with Crippen molar-refractivity contribution in [2.45, 2.75) is 13.3 Å². The van der Waals surface area contributed by atoms with E-state index in [1.807, 2.05) is 37.3 Å². The Morgan fingerprint density at radius 3 is 2.65 bits per heavy atom. The third kappa shape index (κ3) is 3.54. The van der Waals surface area contributed by atoms with Crippen molar-refractivity contribution >= 4 is 16.6 Å². The highest BCUT2D eigenvalue weighted by Crippen LogP contribution is 2.23. The Balaban J connectivity index is 1.85. The van der Waals surface area contributed by atoms with Gasteiger partial charge >= 0.3 is 0 Å². The van der Waals surface area contributed by atoms with E-state index in [-0.39, 0.29) is 12.2 Å². The van der Waals surface area contributed by atoms with Crippen LogP contribution < -0.4 is 4.74 Å². The molecule has 0 aliphatic carbocycles. The molecule has 3 nitrogen and oxygen atoms in total. The van der Waals surface area contributed by atoms with Crippen LogP contribution >= 0.6 is 0 Å². The molecule has 0 radical (unpaired) electrons. The highest BCUT2D eigenvalue weighted by atomic mass is 19.1. The number of ether oxygens (including phenoxy) is 1. The molecule has 3 rings (SSSR count). The van der Waals surface area contributed by atoms with Crippen LogP contribution in [-0.2, 0) is 6.42 Å². The van der Waals surface area contributed by atoms with Gasteiger partial charge in [-0.15, -0.1) is 0 Å². The lowest BCUT2D eigenvalue weighted by atomic mass is 10.0. The Bertz CT molecular complexity index is 861. The molecule has 0 bridgehead atoms. The second-order valence-corrected chi connectivity index (χ2v) is 5.24. The lowest BCUT2D eigenvalue weighted by Crippen LogP contribution is -2.04. The van der Waals surface area contributed by atoms with Gasteiger partial charge in [0.1, 0.15) is 5.75 Å². The lowest BCUT2D eigenvalue weighted by Gasteiger charge is -2.07. The molecule has 1 heterocycles. The zero-order chi connectivity index (χ0) is 16.2. The van der Waals surface area contributed by atoms with Gasteiger partial charge in [0.15, 0.2) is 5.78 Å². The summed E-state index contributed by atoms with van der Waals surface area (Å²) < 4.78 is 18.6. The number of halogens is 1. The summed E-state index contributed by atoms with van der Waals surface area (Å²) in [6.07, 6.45) is 1.52. The summed E-state index contributed by atoms with van der Waals surface area (Å²) in [6.45, 7) is 2.55. The van der Waals surface area contributed by atoms with Crippen molar-refractivity contribution < 1.29 is 13.9 Å². The minimum atomic E-state index is -0.572. The first-order chi connectivity index (χ1) is 11.2. The standard InChI is InChI=1S/C19H16FNO2/c1-2-23-17-6-5-14-11-16(4-3-15(14)12-17)18(22)9-13-7-8-21-19(20)10-13/h3-8,10-12H,2,9H2,1H3. The minimum absolute atomic E-state index is 0.0496. The van der Waals surface area contributed by atoms with Gasteiger partial charge in [0.2, 0.25) is 5.95 Å². The van der Waals surface area contributed by atoms with Crippen LogP contribution in [0.4, 0.5) is 4.39 Å². The van der Waals surface area contributed by atoms with E-state index in [4.69, 9.17) is 4.74 Å². The molecule has 116 valence electrons. The molecular formula is C19H16FNO2. The number of carbonyl (C=O) groups excluding carboxylic acids is 1. The van der Waals surface area contributed by atoms with Crippen molar-refractivity contribution in [2.75, 3.05) is 6.61 Å². The lowest BCUT2D eigenvalue weighted by molar-refractivity contribution is 0.0993. The fraction of sp³-hybridized carbons (Fsp3) is 0.158. The van der Waals surface area contributed by atoms with Crippen molar-refractivity contribution in [3.05, 3.63) is 71.8 Å². The molecular weight excluding hydrogens is 293 g/mol. The molecule has 23 heavy (non-hydrogen) atoms. The van der Waals surface area contributed by atoms with E-state index >= 15 is 0 Å². The summed E-state index contributed by atoms with van der Waals surface area (Å²) >= 11 is 0. The number of hydrogen-bond donors (Lipinski definition) is 0. The molecule has 0 saturated carbocycles. The Hall–Kier alpha value is -2.75. The Morgan fingerprint density at radius 1 is 1.09 bits per heavy atom. The number of aromatic nitrogens is 1. The Labute approximate surface area is 133 Å². The van der Waals surface area contributed by atoms with Gasteiger partial charge in [-0.2, -0.15) is 4.39 Å². The molecule has 0 fully saturated rings. The van der Waals surface area contributed by atoms with Crippen LogP contribution in [0.2, 0.25) is 0 Å². The van der Waals surface area contributed by atoms with Gasteiger partial charge in [0.05, 0.1) is 6.61 Å². The average molecular weight is 309 g/mol. The van der Waals surface area contributed by atoms with Crippen molar-refractivity contribution in [3.63, 3.8) is 0 Å². The highest BCUT2D eigenvalue weighted by Gasteiger charge is 2.09. The van der Waals surface area contributed by atoms with Crippen LogP contribution in [0.5, 0.6) is 5.75 Å². The number of fused-ring (bicyclic) bond motifs is 1. The Kier molecular flexibility index (Phi) is 4.33. The van der Waals surface area contributed by atoms with E-state index in [2.05, 4.69) is 4.98 Å². The third-order valence-electron chi connectivity index (χ3n) is 3.60. The molecule has 2 aromatic carbocycles. The zero-order valence-corrected chi connectivity index (χ0v) is 12.8. The molecule has 4 heteroatoms. The molecule has 0 saturated heterocycles. The molecule has 0 N–H and O–H groups in total. The van der Waals surface area contributed by atoms with Crippen LogP contribution in [0.1, 0.15) is 22.8 Å². The van der Waals surface area contributed by atoms with Gasteiger partial charge in [-0.05, 0) is 53.6 Å². The summed E-state index contributed by atoms with van der Waals surface area (Å²) in [4.78, 5) is 15.9. The maximum Gasteiger partial charge on any atom is 0.213 e. The molecule has 0 atom stereocenters. The predicted molar refractivity (Wildman–Crippen MR) is 87.3 cm³/mol. The summed E-state index contributed by atoms with van der Waals surface area (Å²) in [6, 6.07) is 14.2. The van der Waals surface area contributed by atoms with Crippen molar-refractivity contribution in [1.82, 2.24) is 4.98 Å². The largest absolute Gasteiger partial charge is 0.494 e. The summed E-state index contributed by atoms with van der Waals surface area (Å²) in [7, 11) is 0. The second-order valence-electron chi connectivity index (χ2n) is 5.24. The van der Waals surface area contributed by atoms with E-state index < -0.39 is 5.95 Å². The monoisotopic (exact) mass is 309 g/mol. The Morgan fingerprint density at radius 2 is 1.87 bits per heavy atom. The van der Waals surface area contributed by atoms with Crippen molar-refractivity contribution in [3.8, 4) is 5.75 Å². The molecule has 0 amide bonds. The zero-order valence-electron chi connectivity index (χ0n) is 12.8. The van der Waals surface area contributed by atoms with E-state index in [1.165, 1.54) is 12.3 Å². The smallest absolute Gasteiger partial charge is 0.213 e. The van der Waals surface area contributed by atoms with Crippen LogP contribution in [0, 0.1) is 5.95 Å². The van der Waals surface area contributed by atoms with Crippen LogP contribution in [-0.4, -0.2) is 17.4 Å². The topological polar surface area (TPSA) is 39.2 Å². The van der Waals surface area contributed by atoms with Crippen LogP contribution in [0.15, 0.2) is 54.7 Å². The number of hydrogen-bond acceptors (Lipinski definition) is 3. The first-order valence-corrected chi connectivity index (χ1v) is 7.46. The molecule has 0 aliphatic rings. The van der Waals surface area contributed by atoms with Gasteiger partial charge in [-0.25, -0.2) is 4.98 Å². The maximum absolute atomic E-state index is 13.1. The van der Waals surface area contributed by atoms with Gasteiger partial charge in [0, 0.05) is 18.2 Å². The van der Waals surface area contributed by atoms with E-state index in [1.54, 1.807) is 12.1 Å². The quantitative estimate of drug-likeness (QED) is 0.524. The van der Waals surface area contributed by atoms with Crippen LogP contribution in [0.25, 0.3) is 10.8 Å². The summed E-state index contributed by atoms with van der Waals surface area (Å²) in [5, 5.41) is 1.99. The third-order valence-corrected chi connectivity index (χ3v) is 3.60. The number of ketones is 1. The number of rotatable bonds is 5. The SMILES string of the molecule is CCOc1ccc2cc(C(=O)Cc3ccnc(F)c3)ccc2c1. The van der Waals surface area contributed by atoms with Gasteiger partial charge in [-0.1, -0.05) is 18.2 Å². The normalized spacial score (nSPS) is 10.7. The minimum Gasteiger partial charge on any atom is -0.494 e. The number of carbonyl (C=O) groups is 1. The van der Waals surface area contributed by atoms with E-state index in [9.17, 15) is 9.18 Å². The summed E-state index contributed by atoms with van der Waals surface area (Å²) in [5.74, 6) is 0.190. The summed E-state index contributed by atoms with van der Waals surface area (Å²) in [5.41, 5.74) is 1.23. The molecule has 3 aromatic rings. The maximum atomic E-state index is 13.1. The molecule has 0 aliphatic heterocycles. The average Bonchev–Trinajstić information content (AvgIpc) is 2.54. The highest BCUT2D eigenvalue weighted by molar-refractivity contribution is 6.01. The molecule has 1 aromatic heterocycles. The number of Topliss-reactive ketones (excluding diaryl/α,β-unsaturated/α-hetero) is 1. The number of nitrogens with zero attached hydrogens (tertiary/aromatic N) is 1. The molecule has 0 unspecified atom stereocenters. The van der Waals surface area contributed by atoms with Crippen molar-refractivity contribution in [1.29, 1.82) is 0 Å². The van der Waals surface area contributed by atoms with Crippen LogP contribution in [0.3, 0.4) is 0 Å². The first kappa shape index (κ1) is 15.2. The van der Waals surface area contributed by atoms with Gasteiger partial charge in [-0.3, -0.25) is 4.79 Å². The van der Waals surface area contributed by atoms with Crippen molar-refractivity contribution in [2.24, 2.45) is 0 Å². The second kappa shape index (κ2) is 6.57. The predicted octanol–water partition coefficient (Wildman–Crippen LogP) is 4.20. The fourth-order valence-corrected chi connectivity index (χ4v) is 2.49. The fourth-order valence-electron chi connectivity index (χ4n) is 2.49. The van der Waals surface area contributed by atoms with Gasteiger partial charge in [0.25, 0.3) is 0 Å². The van der Waals surface area contributed by atoms with E-state index in [0.717, 1.165) is 16.5 Å².